The SMILES string of the molecule is CCCCCN(C(C)C)C(CN)c1ccc(OC)cc1. The molecule has 0 aromatic heterocycles. The van der Waals surface area contributed by atoms with Crippen molar-refractivity contribution in [2.24, 2.45) is 5.73 Å². The summed E-state index contributed by atoms with van der Waals surface area (Å²) in [4.78, 5) is 2.51. The van der Waals surface area contributed by atoms with Crippen LogP contribution in [0.25, 0.3) is 0 Å². The Morgan fingerprint density at radius 1 is 1.15 bits per heavy atom. The minimum absolute atomic E-state index is 0.290. The van der Waals surface area contributed by atoms with E-state index in [0.717, 1.165) is 12.3 Å². The molecule has 1 atom stereocenters. The Morgan fingerprint density at radius 3 is 2.25 bits per heavy atom. The molecular weight excluding hydrogens is 248 g/mol. The van der Waals surface area contributed by atoms with Crippen molar-refractivity contribution < 1.29 is 4.74 Å². The Kier molecular flexibility index (Phi) is 7.63. The fourth-order valence-corrected chi connectivity index (χ4v) is 2.61. The number of hydrogen-bond donors (Lipinski definition) is 1. The second-order valence-electron chi connectivity index (χ2n) is 5.56. The zero-order valence-electron chi connectivity index (χ0n) is 13.4. The van der Waals surface area contributed by atoms with Crippen LogP contribution in [0.15, 0.2) is 24.3 Å². The predicted molar refractivity (Wildman–Crippen MR) is 86.2 cm³/mol. The Hall–Kier alpha value is -1.06. The second-order valence-corrected chi connectivity index (χ2v) is 5.56. The van der Waals surface area contributed by atoms with E-state index in [9.17, 15) is 0 Å². The van der Waals surface area contributed by atoms with E-state index in [-0.39, 0.29) is 6.04 Å². The monoisotopic (exact) mass is 278 g/mol. The number of benzene rings is 1. The first-order valence-corrected chi connectivity index (χ1v) is 7.73. The van der Waals surface area contributed by atoms with Crippen LogP contribution >= 0.6 is 0 Å². The van der Waals surface area contributed by atoms with Gasteiger partial charge in [0, 0.05) is 18.6 Å². The highest BCUT2D eigenvalue weighted by molar-refractivity contribution is 5.29. The molecule has 0 heterocycles. The number of rotatable bonds is 9. The molecule has 1 rings (SSSR count). The van der Waals surface area contributed by atoms with Gasteiger partial charge in [0.25, 0.3) is 0 Å². The lowest BCUT2D eigenvalue weighted by atomic mass is 10.0. The smallest absolute Gasteiger partial charge is 0.118 e. The molecular formula is C17H30N2O. The van der Waals surface area contributed by atoms with Gasteiger partial charge in [-0.1, -0.05) is 31.9 Å². The molecule has 3 heteroatoms. The maximum atomic E-state index is 6.05. The molecule has 20 heavy (non-hydrogen) atoms. The molecule has 0 aliphatic rings. The maximum absolute atomic E-state index is 6.05. The van der Waals surface area contributed by atoms with Crippen LogP contribution in [-0.4, -0.2) is 31.1 Å². The van der Waals surface area contributed by atoms with Crippen molar-refractivity contribution in [3.05, 3.63) is 29.8 Å². The number of ether oxygens (including phenoxy) is 1. The molecule has 0 radical (unpaired) electrons. The normalized spacial score (nSPS) is 12.9. The molecule has 0 spiro atoms. The van der Waals surface area contributed by atoms with Gasteiger partial charge in [-0.2, -0.15) is 0 Å². The molecule has 1 aromatic carbocycles. The summed E-state index contributed by atoms with van der Waals surface area (Å²) >= 11 is 0. The van der Waals surface area contributed by atoms with Crippen molar-refractivity contribution in [3.63, 3.8) is 0 Å². The van der Waals surface area contributed by atoms with Crippen LogP contribution in [0, 0.1) is 0 Å². The summed E-state index contributed by atoms with van der Waals surface area (Å²) in [5, 5.41) is 0. The van der Waals surface area contributed by atoms with Crippen molar-refractivity contribution in [1.29, 1.82) is 0 Å². The highest BCUT2D eigenvalue weighted by Gasteiger charge is 2.21. The number of nitrogens with two attached hydrogens (primary N) is 1. The lowest BCUT2D eigenvalue weighted by Crippen LogP contribution is -2.39. The summed E-state index contributed by atoms with van der Waals surface area (Å²) in [5.74, 6) is 0.895. The minimum Gasteiger partial charge on any atom is -0.497 e. The van der Waals surface area contributed by atoms with E-state index in [4.69, 9.17) is 10.5 Å². The van der Waals surface area contributed by atoms with Crippen LogP contribution in [-0.2, 0) is 0 Å². The molecule has 0 aliphatic carbocycles. The maximum Gasteiger partial charge on any atom is 0.118 e. The molecule has 3 nitrogen and oxygen atoms in total. The summed E-state index contributed by atoms with van der Waals surface area (Å²) in [5.41, 5.74) is 7.32. The topological polar surface area (TPSA) is 38.5 Å². The Balaban J connectivity index is 2.82. The van der Waals surface area contributed by atoms with Gasteiger partial charge in [0.2, 0.25) is 0 Å². The molecule has 0 amide bonds. The molecule has 0 bridgehead atoms. The fourth-order valence-electron chi connectivity index (χ4n) is 2.61. The van der Waals surface area contributed by atoms with E-state index < -0.39 is 0 Å². The van der Waals surface area contributed by atoms with Crippen LogP contribution in [0.3, 0.4) is 0 Å². The van der Waals surface area contributed by atoms with Gasteiger partial charge in [-0.3, -0.25) is 4.90 Å². The van der Waals surface area contributed by atoms with Crippen molar-refractivity contribution in [2.75, 3.05) is 20.2 Å². The third-order valence-corrected chi connectivity index (χ3v) is 3.81. The van der Waals surface area contributed by atoms with Crippen molar-refractivity contribution in [3.8, 4) is 5.75 Å². The third kappa shape index (κ3) is 4.80. The van der Waals surface area contributed by atoms with Crippen LogP contribution < -0.4 is 10.5 Å². The quantitative estimate of drug-likeness (QED) is 0.701. The molecule has 114 valence electrons. The molecule has 0 aliphatic heterocycles. The first-order chi connectivity index (χ1) is 9.63. The second kappa shape index (κ2) is 8.98. The predicted octanol–water partition coefficient (Wildman–Crippen LogP) is 3.60. The van der Waals surface area contributed by atoms with E-state index in [1.807, 2.05) is 12.1 Å². The highest BCUT2D eigenvalue weighted by atomic mass is 16.5. The molecule has 0 fully saturated rings. The minimum atomic E-state index is 0.290. The molecule has 0 saturated heterocycles. The first kappa shape index (κ1) is 17.0. The van der Waals surface area contributed by atoms with Crippen LogP contribution in [0.1, 0.15) is 51.6 Å². The van der Waals surface area contributed by atoms with Gasteiger partial charge < -0.3 is 10.5 Å². The first-order valence-electron chi connectivity index (χ1n) is 7.73. The lowest BCUT2D eigenvalue weighted by Gasteiger charge is -2.34. The summed E-state index contributed by atoms with van der Waals surface area (Å²) in [6.07, 6.45) is 3.77. The fraction of sp³-hybridized carbons (Fsp3) is 0.647. The zero-order chi connectivity index (χ0) is 15.0. The van der Waals surface area contributed by atoms with Gasteiger partial charge in [0.15, 0.2) is 0 Å². The molecule has 1 aromatic rings. The van der Waals surface area contributed by atoms with E-state index >= 15 is 0 Å². The molecule has 1 unspecified atom stereocenters. The largest absolute Gasteiger partial charge is 0.497 e. The number of unbranched alkanes of at least 4 members (excludes halogenated alkanes) is 2. The Bertz CT molecular complexity index is 362. The van der Waals surface area contributed by atoms with Gasteiger partial charge in [-0.15, -0.1) is 0 Å². The van der Waals surface area contributed by atoms with Gasteiger partial charge in [0.05, 0.1) is 7.11 Å². The standard InChI is InChI=1S/C17H30N2O/c1-5-6-7-12-19(14(2)3)17(13-18)15-8-10-16(20-4)11-9-15/h8-11,14,17H,5-7,12-13,18H2,1-4H3. The number of hydrogen-bond acceptors (Lipinski definition) is 3. The van der Waals surface area contributed by atoms with E-state index in [0.29, 0.717) is 12.6 Å². The van der Waals surface area contributed by atoms with E-state index in [1.54, 1.807) is 7.11 Å². The highest BCUT2D eigenvalue weighted by Crippen LogP contribution is 2.24. The Labute approximate surface area is 124 Å². The third-order valence-electron chi connectivity index (χ3n) is 3.81. The summed E-state index contributed by atoms with van der Waals surface area (Å²) in [7, 11) is 1.70. The van der Waals surface area contributed by atoms with Gasteiger partial charge >= 0.3 is 0 Å². The van der Waals surface area contributed by atoms with Crippen molar-refractivity contribution >= 4 is 0 Å². The van der Waals surface area contributed by atoms with Crippen LogP contribution in [0.5, 0.6) is 5.75 Å². The molecule has 0 saturated carbocycles. The van der Waals surface area contributed by atoms with Gasteiger partial charge in [0.1, 0.15) is 5.75 Å². The van der Waals surface area contributed by atoms with Crippen molar-refractivity contribution in [2.45, 2.75) is 52.1 Å². The number of nitrogens with zero attached hydrogens (tertiary/aromatic N) is 1. The number of methoxy groups -OCH3 is 1. The van der Waals surface area contributed by atoms with E-state index in [2.05, 4.69) is 37.8 Å². The van der Waals surface area contributed by atoms with Crippen LogP contribution in [0.4, 0.5) is 0 Å². The van der Waals surface area contributed by atoms with Gasteiger partial charge in [-0.25, -0.2) is 0 Å². The van der Waals surface area contributed by atoms with Crippen LogP contribution in [0.2, 0.25) is 0 Å². The summed E-state index contributed by atoms with van der Waals surface area (Å²) in [6.45, 7) is 8.50. The summed E-state index contributed by atoms with van der Waals surface area (Å²) < 4.78 is 5.23. The molecule has 2 N–H and O–H groups in total. The average molecular weight is 278 g/mol. The Morgan fingerprint density at radius 2 is 1.80 bits per heavy atom. The average Bonchev–Trinajstić information content (AvgIpc) is 2.47. The summed E-state index contributed by atoms with van der Waals surface area (Å²) in [6, 6.07) is 9.09. The van der Waals surface area contributed by atoms with Crippen molar-refractivity contribution in [1.82, 2.24) is 4.90 Å². The van der Waals surface area contributed by atoms with E-state index in [1.165, 1.54) is 24.8 Å². The van der Waals surface area contributed by atoms with Gasteiger partial charge in [-0.05, 0) is 44.5 Å². The zero-order valence-corrected chi connectivity index (χ0v) is 13.4. The lowest BCUT2D eigenvalue weighted by molar-refractivity contribution is 0.154.